The summed E-state index contributed by atoms with van der Waals surface area (Å²) in [4.78, 5) is 0. The molecule has 3 rings (SSSR count). The number of benzene rings is 2. The molecule has 1 aliphatic carbocycles. The third-order valence-electron chi connectivity index (χ3n) is 3.26. The number of methoxy groups -OCH3 is 1. The van der Waals surface area contributed by atoms with Gasteiger partial charge in [0.15, 0.2) is 0 Å². The molecule has 2 aromatic carbocycles. The van der Waals surface area contributed by atoms with Crippen molar-refractivity contribution >= 4 is 5.76 Å². The second-order valence-corrected chi connectivity index (χ2v) is 4.21. The lowest BCUT2D eigenvalue weighted by molar-refractivity contribution is 0.370. The maximum absolute atomic E-state index is 5.45. The van der Waals surface area contributed by atoms with Crippen LogP contribution in [0, 0.1) is 0 Å². The van der Waals surface area contributed by atoms with Gasteiger partial charge in [0.05, 0.1) is 7.11 Å². The highest BCUT2D eigenvalue weighted by molar-refractivity contribution is 5.72. The van der Waals surface area contributed by atoms with Crippen LogP contribution in [-0.2, 0) is 4.74 Å². The van der Waals surface area contributed by atoms with Crippen molar-refractivity contribution < 1.29 is 4.74 Å². The minimum atomic E-state index is 0.322. The van der Waals surface area contributed by atoms with E-state index < -0.39 is 0 Å². The van der Waals surface area contributed by atoms with Crippen LogP contribution in [0.3, 0.4) is 0 Å². The van der Waals surface area contributed by atoms with E-state index in [9.17, 15) is 0 Å². The zero-order valence-corrected chi connectivity index (χ0v) is 9.76. The molecule has 0 radical (unpaired) electrons. The topological polar surface area (TPSA) is 9.23 Å². The van der Waals surface area contributed by atoms with Crippen LogP contribution < -0.4 is 0 Å². The highest BCUT2D eigenvalue weighted by Gasteiger charge is 2.24. The SMILES string of the molecule is COC1=CC(c2ccccc2)c2ccccc21. The summed E-state index contributed by atoms with van der Waals surface area (Å²) in [5.41, 5.74) is 3.85. The Morgan fingerprint density at radius 2 is 1.59 bits per heavy atom. The Labute approximate surface area is 101 Å². The number of fused-ring (bicyclic) bond motifs is 1. The summed E-state index contributed by atoms with van der Waals surface area (Å²) in [7, 11) is 1.73. The van der Waals surface area contributed by atoms with Crippen molar-refractivity contribution in [1.29, 1.82) is 0 Å². The van der Waals surface area contributed by atoms with Crippen LogP contribution in [0.1, 0.15) is 22.6 Å². The molecule has 0 amide bonds. The fourth-order valence-corrected chi connectivity index (χ4v) is 2.44. The van der Waals surface area contributed by atoms with Crippen molar-refractivity contribution in [2.45, 2.75) is 5.92 Å². The minimum absolute atomic E-state index is 0.322. The Kier molecular flexibility index (Phi) is 2.45. The van der Waals surface area contributed by atoms with Crippen LogP contribution in [0.4, 0.5) is 0 Å². The second kappa shape index (κ2) is 4.10. The lowest BCUT2D eigenvalue weighted by Crippen LogP contribution is -1.94. The van der Waals surface area contributed by atoms with Crippen LogP contribution in [0.5, 0.6) is 0 Å². The van der Waals surface area contributed by atoms with Gasteiger partial charge < -0.3 is 4.74 Å². The van der Waals surface area contributed by atoms with Gasteiger partial charge in [-0.25, -0.2) is 0 Å². The van der Waals surface area contributed by atoms with Gasteiger partial charge in [-0.15, -0.1) is 0 Å². The van der Waals surface area contributed by atoms with Gasteiger partial charge in [0.25, 0.3) is 0 Å². The lowest BCUT2D eigenvalue weighted by Gasteiger charge is -2.10. The average molecular weight is 222 g/mol. The van der Waals surface area contributed by atoms with Gasteiger partial charge in [-0.2, -0.15) is 0 Å². The average Bonchev–Trinajstić information content (AvgIpc) is 2.78. The van der Waals surface area contributed by atoms with Crippen LogP contribution >= 0.6 is 0 Å². The Bertz CT molecular complexity index is 555. The van der Waals surface area contributed by atoms with E-state index in [4.69, 9.17) is 4.74 Å². The van der Waals surface area contributed by atoms with Crippen molar-refractivity contribution in [1.82, 2.24) is 0 Å². The molecular formula is C16H14O. The monoisotopic (exact) mass is 222 g/mol. The van der Waals surface area contributed by atoms with E-state index in [1.165, 1.54) is 16.7 Å². The predicted octanol–water partition coefficient (Wildman–Crippen LogP) is 3.82. The van der Waals surface area contributed by atoms with Crippen molar-refractivity contribution in [3.05, 3.63) is 77.4 Å². The molecule has 0 heterocycles. The molecule has 1 nitrogen and oxygen atoms in total. The summed E-state index contributed by atoms with van der Waals surface area (Å²) in [6.07, 6.45) is 2.19. The van der Waals surface area contributed by atoms with Gasteiger partial charge in [0.1, 0.15) is 5.76 Å². The molecule has 0 N–H and O–H groups in total. The largest absolute Gasteiger partial charge is 0.496 e. The first-order valence-corrected chi connectivity index (χ1v) is 5.80. The molecule has 17 heavy (non-hydrogen) atoms. The summed E-state index contributed by atoms with van der Waals surface area (Å²) in [5.74, 6) is 1.30. The number of allylic oxidation sites excluding steroid dienone is 1. The highest BCUT2D eigenvalue weighted by atomic mass is 16.5. The summed E-state index contributed by atoms with van der Waals surface area (Å²) in [6, 6.07) is 19.0. The molecule has 0 saturated carbocycles. The fraction of sp³-hybridized carbons (Fsp3) is 0.125. The van der Waals surface area contributed by atoms with Gasteiger partial charge in [-0.1, -0.05) is 54.6 Å². The first-order chi connectivity index (χ1) is 8.40. The maximum atomic E-state index is 5.45. The molecule has 0 saturated heterocycles. The first kappa shape index (κ1) is 10.2. The molecular weight excluding hydrogens is 208 g/mol. The summed E-state index contributed by atoms with van der Waals surface area (Å²) < 4.78 is 5.45. The van der Waals surface area contributed by atoms with Gasteiger partial charge in [0, 0.05) is 11.5 Å². The minimum Gasteiger partial charge on any atom is -0.496 e. The van der Waals surface area contributed by atoms with E-state index in [0.29, 0.717) is 5.92 Å². The molecule has 1 unspecified atom stereocenters. The molecule has 2 aromatic rings. The van der Waals surface area contributed by atoms with Gasteiger partial charge in [-0.05, 0) is 17.2 Å². The zero-order valence-electron chi connectivity index (χ0n) is 9.76. The zero-order chi connectivity index (χ0) is 11.7. The fourth-order valence-electron chi connectivity index (χ4n) is 2.44. The summed E-state index contributed by atoms with van der Waals surface area (Å²) in [5, 5.41) is 0. The Morgan fingerprint density at radius 3 is 2.35 bits per heavy atom. The molecule has 0 bridgehead atoms. The number of rotatable bonds is 2. The third-order valence-corrected chi connectivity index (χ3v) is 3.26. The number of ether oxygens (including phenoxy) is 1. The van der Waals surface area contributed by atoms with Crippen LogP contribution in [0.2, 0.25) is 0 Å². The summed E-state index contributed by atoms with van der Waals surface area (Å²) in [6.45, 7) is 0. The standard InChI is InChI=1S/C16H14O/c1-17-16-11-15(12-7-3-2-4-8-12)13-9-5-6-10-14(13)16/h2-11,15H,1H3. The Hall–Kier alpha value is -2.02. The van der Waals surface area contributed by atoms with Gasteiger partial charge in [0.2, 0.25) is 0 Å². The highest BCUT2D eigenvalue weighted by Crippen LogP contribution is 2.39. The molecule has 1 heteroatoms. The first-order valence-electron chi connectivity index (χ1n) is 5.80. The van der Waals surface area contributed by atoms with Gasteiger partial charge in [-0.3, -0.25) is 0 Å². The normalized spacial score (nSPS) is 17.5. The molecule has 1 aliphatic rings. The van der Waals surface area contributed by atoms with E-state index in [-0.39, 0.29) is 0 Å². The van der Waals surface area contributed by atoms with E-state index >= 15 is 0 Å². The number of hydrogen-bond donors (Lipinski definition) is 0. The lowest BCUT2D eigenvalue weighted by atomic mass is 9.93. The predicted molar refractivity (Wildman–Crippen MR) is 69.7 cm³/mol. The quantitative estimate of drug-likeness (QED) is 0.750. The molecule has 0 aliphatic heterocycles. The van der Waals surface area contributed by atoms with Crippen LogP contribution in [0.15, 0.2) is 60.7 Å². The molecule has 0 fully saturated rings. The van der Waals surface area contributed by atoms with Gasteiger partial charge >= 0.3 is 0 Å². The molecule has 1 atom stereocenters. The maximum Gasteiger partial charge on any atom is 0.123 e. The van der Waals surface area contributed by atoms with Crippen molar-refractivity contribution in [2.75, 3.05) is 7.11 Å². The Morgan fingerprint density at radius 1 is 0.882 bits per heavy atom. The smallest absolute Gasteiger partial charge is 0.123 e. The molecule has 0 aromatic heterocycles. The number of hydrogen-bond acceptors (Lipinski definition) is 1. The van der Waals surface area contributed by atoms with E-state index in [0.717, 1.165) is 5.76 Å². The van der Waals surface area contributed by atoms with E-state index in [2.05, 4.69) is 54.6 Å². The van der Waals surface area contributed by atoms with E-state index in [1.54, 1.807) is 7.11 Å². The molecule has 0 spiro atoms. The van der Waals surface area contributed by atoms with Crippen LogP contribution in [-0.4, -0.2) is 7.11 Å². The van der Waals surface area contributed by atoms with Crippen molar-refractivity contribution in [2.24, 2.45) is 0 Å². The van der Waals surface area contributed by atoms with Crippen molar-refractivity contribution in [3.8, 4) is 0 Å². The third kappa shape index (κ3) is 1.64. The molecule has 84 valence electrons. The van der Waals surface area contributed by atoms with E-state index in [1.807, 2.05) is 6.07 Å². The Balaban J connectivity index is 2.12. The van der Waals surface area contributed by atoms with Crippen LogP contribution in [0.25, 0.3) is 5.76 Å². The summed E-state index contributed by atoms with van der Waals surface area (Å²) >= 11 is 0. The second-order valence-electron chi connectivity index (χ2n) is 4.21. The van der Waals surface area contributed by atoms with Crippen molar-refractivity contribution in [3.63, 3.8) is 0 Å².